The Morgan fingerprint density at radius 3 is 2.42 bits per heavy atom. The molecule has 0 saturated carbocycles. The molecule has 1 heterocycles. The van der Waals surface area contributed by atoms with E-state index in [1.165, 1.54) is 18.2 Å². The van der Waals surface area contributed by atoms with Gasteiger partial charge in [-0.2, -0.15) is 13.2 Å². The lowest BCUT2D eigenvalue weighted by Crippen LogP contribution is -2.42. The molecule has 1 aliphatic heterocycles. The van der Waals surface area contributed by atoms with Gasteiger partial charge in [0.05, 0.1) is 5.71 Å². The van der Waals surface area contributed by atoms with Crippen molar-refractivity contribution in [2.45, 2.75) is 25.1 Å². The summed E-state index contributed by atoms with van der Waals surface area (Å²) in [6.07, 6.45) is -5.15. The minimum absolute atomic E-state index is 0.100. The van der Waals surface area contributed by atoms with Crippen molar-refractivity contribution in [2.24, 2.45) is 5.16 Å². The molecule has 0 spiro atoms. The third kappa shape index (κ3) is 2.98. The van der Waals surface area contributed by atoms with Gasteiger partial charge in [-0.1, -0.05) is 40.5 Å². The Morgan fingerprint density at radius 1 is 1.17 bits per heavy atom. The van der Waals surface area contributed by atoms with E-state index in [4.69, 9.17) is 28.0 Å². The molecule has 0 amide bonds. The second-order valence-electron chi connectivity index (χ2n) is 5.55. The van der Waals surface area contributed by atoms with Crippen LogP contribution in [-0.4, -0.2) is 11.9 Å². The van der Waals surface area contributed by atoms with Crippen LogP contribution >= 0.6 is 23.2 Å². The summed E-state index contributed by atoms with van der Waals surface area (Å²) in [4.78, 5) is 4.94. The van der Waals surface area contributed by atoms with E-state index in [1.54, 1.807) is 25.1 Å². The summed E-state index contributed by atoms with van der Waals surface area (Å²) >= 11 is 11.7. The SMILES string of the molecule is Cc1[c]ccc(C2=NOC(c3cc(Cl)cc(Cl)c3)(C(F)(F)F)C2)c1. The molecule has 24 heavy (non-hydrogen) atoms. The van der Waals surface area contributed by atoms with Gasteiger partial charge in [0.25, 0.3) is 5.60 Å². The van der Waals surface area contributed by atoms with Gasteiger partial charge in [-0.05, 0) is 48.4 Å². The van der Waals surface area contributed by atoms with Gasteiger partial charge in [-0.25, -0.2) is 0 Å². The van der Waals surface area contributed by atoms with Crippen LogP contribution in [0.25, 0.3) is 0 Å². The lowest BCUT2D eigenvalue weighted by atomic mass is 9.86. The molecule has 0 aliphatic carbocycles. The van der Waals surface area contributed by atoms with Crippen molar-refractivity contribution in [3.8, 4) is 0 Å². The zero-order chi connectivity index (χ0) is 17.5. The Kier molecular flexibility index (Phi) is 4.26. The van der Waals surface area contributed by atoms with E-state index in [9.17, 15) is 13.2 Å². The van der Waals surface area contributed by atoms with E-state index in [2.05, 4.69) is 11.2 Å². The zero-order valence-electron chi connectivity index (χ0n) is 12.4. The molecule has 0 aromatic heterocycles. The highest BCUT2D eigenvalue weighted by atomic mass is 35.5. The Labute approximate surface area is 146 Å². The first-order valence-corrected chi connectivity index (χ1v) is 7.74. The first kappa shape index (κ1) is 17.1. The largest absolute Gasteiger partial charge is 0.435 e. The van der Waals surface area contributed by atoms with Crippen molar-refractivity contribution >= 4 is 28.9 Å². The van der Waals surface area contributed by atoms with Crippen LogP contribution in [0.15, 0.2) is 41.6 Å². The van der Waals surface area contributed by atoms with Crippen molar-refractivity contribution in [1.82, 2.24) is 0 Å². The second kappa shape index (κ2) is 5.97. The van der Waals surface area contributed by atoms with Crippen LogP contribution in [0.4, 0.5) is 13.2 Å². The number of hydrogen-bond donors (Lipinski definition) is 0. The van der Waals surface area contributed by atoms with Crippen LogP contribution in [0.5, 0.6) is 0 Å². The van der Waals surface area contributed by atoms with Crippen LogP contribution in [0, 0.1) is 13.0 Å². The summed E-state index contributed by atoms with van der Waals surface area (Å²) in [6.45, 7) is 1.80. The predicted molar refractivity (Wildman–Crippen MR) is 86.4 cm³/mol. The van der Waals surface area contributed by atoms with Crippen molar-refractivity contribution in [2.75, 3.05) is 0 Å². The summed E-state index contributed by atoms with van der Waals surface area (Å²) in [6, 6.07) is 11.7. The van der Waals surface area contributed by atoms with E-state index in [-0.39, 0.29) is 21.3 Å². The Morgan fingerprint density at radius 2 is 1.83 bits per heavy atom. The summed E-state index contributed by atoms with van der Waals surface area (Å²) in [7, 11) is 0. The minimum atomic E-state index is -4.69. The molecule has 0 N–H and O–H groups in total. The molecule has 1 unspecified atom stereocenters. The van der Waals surface area contributed by atoms with Gasteiger partial charge in [0.15, 0.2) is 0 Å². The minimum Gasteiger partial charge on any atom is -0.374 e. The molecule has 3 rings (SSSR count). The molecule has 1 atom stereocenters. The van der Waals surface area contributed by atoms with Gasteiger partial charge < -0.3 is 4.84 Å². The van der Waals surface area contributed by atoms with Gasteiger partial charge in [0.2, 0.25) is 0 Å². The third-order valence-electron chi connectivity index (χ3n) is 3.79. The topological polar surface area (TPSA) is 21.6 Å². The van der Waals surface area contributed by atoms with Gasteiger partial charge in [0, 0.05) is 22.0 Å². The normalized spacial score (nSPS) is 20.7. The molecule has 2 nitrogen and oxygen atoms in total. The number of aryl methyl sites for hydroxylation is 1. The fraction of sp³-hybridized carbons (Fsp3) is 0.235. The van der Waals surface area contributed by atoms with Crippen molar-refractivity contribution < 1.29 is 18.0 Å². The number of hydrogen-bond acceptors (Lipinski definition) is 2. The van der Waals surface area contributed by atoms with Gasteiger partial charge in [-0.15, -0.1) is 0 Å². The molecule has 7 heteroatoms. The van der Waals surface area contributed by atoms with Gasteiger partial charge in [0.1, 0.15) is 0 Å². The lowest BCUT2D eigenvalue weighted by molar-refractivity contribution is -0.275. The summed E-state index contributed by atoms with van der Waals surface area (Å²) in [5.41, 5.74) is -1.22. The van der Waals surface area contributed by atoms with Crippen LogP contribution in [-0.2, 0) is 10.4 Å². The maximum Gasteiger partial charge on any atom is 0.435 e. The van der Waals surface area contributed by atoms with E-state index in [0.29, 0.717) is 5.56 Å². The average molecular weight is 373 g/mol. The number of nitrogens with zero attached hydrogens (tertiary/aromatic N) is 1. The first-order valence-electron chi connectivity index (χ1n) is 6.98. The third-order valence-corrected chi connectivity index (χ3v) is 4.23. The van der Waals surface area contributed by atoms with E-state index in [0.717, 1.165) is 5.56 Å². The Balaban J connectivity index is 2.05. The predicted octanol–water partition coefficient (Wildman–Crippen LogP) is 5.68. The van der Waals surface area contributed by atoms with Crippen LogP contribution in [0.2, 0.25) is 10.0 Å². The molecular formula is C17H11Cl2F3NO. The highest BCUT2D eigenvalue weighted by Crippen LogP contribution is 2.49. The lowest BCUT2D eigenvalue weighted by Gasteiger charge is -2.29. The molecule has 2 aromatic rings. The smallest absolute Gasteiger partial charge is 0.374 e. The summed E-state index contributed by atoms with van der Waals surface area (Å²) in [5.74, 6) is 0. The quantitative estimate of drug-likeness (QED) is 0.663. The summed E-state index contributed by atoms with van der Waals surface area (Å²) < 4.78 is 41.5. The van der Waals surface area contributed by atoms with Crippen molar-refractivity contribution in [3.63, 3.8) is 0 Å². The number of benzene rings is 2. The monoisotopic (exact) mass is 372 g/mol. The van der Waals surface area contributed by atoms with Crippen LogP contribution < -0.4 is 0 Å². The highest BCUT2D eigenvalue weighted by molar-refractivity contribution is 6.34. The number of halogens is 5. The fourth-order valence-electron chi connectivity index (χ4n) is 2.61. The Bertz CT molecular complexity index is 799. The molecular weight excluding hydrogens is 362 g/mol. The maximum absolute atomic E-state index is 13.8. The molecule has 0 fully saturated rings. The Hall–Kier alpha value is -1.72. The number of rotatable bonds is 2. The molecule has 125 valence electrons. The average Bonchev–Trinajstić information content (AvgIpc) is 2.92. The molecule has 1 aliphatic rings. The molecule has 0 saturated heterocycles. The number of oxime groups is 1. The van der Waals surface area contributed by atoms with Crippen LogP contribution in [0.3, 0.4) is 0 Å². The van der Waals surface area contributed by atoms with E-state index in [1.807, 2.05) is 0 Å². The second-order valence-corrected chi connectivity index (χ2v) is 6.42. The highest BCUT2D eigenvalue weighted by Gasteiger charge is 2.62. The summed E-state index contributed by atoms with van der Waals surface area (Å²) in [5, 5.41) is 3.90. The molecule has 1 radical (unpaired) electrons. The molecule has 2 aromatic carbocycles. The first-order chi connectivity index (χ1) is 11.2. The van der Waals surface area contributed by atoms with Crippen molar-refractivity contribution in [1.29, 1.82) is 0 Å². The van der Waals surface area contributed by atoms with Gasteiger partial charge >= 0.3 is 6.18 Å². The van der Waals surface area contributed by atoms with Gasteiger partial charge in [-0.3, -0.25) is 0 Å². The van der Waals surface area contributed by atoms with Crippen LogP contribution in [0.1, 0.15) is 23.1 Å². The van der Waals surface area contributed by atoms with Crippen molar-refractivity contribution in [3.05, 3.63) is 69.2 Å². The number of alkyl halides is 3. The van der Waals surface area contributed by atoms with E-state index >= 15 is 0 Å². The molecule has 0 bridgehead atoms. The fourth-order valence-corrected chi connectivity index (χ4v) is 3.14. The maximum atomic E-state index is 13.8. The standard InChI is InChI=1S/C17H11Cl2F3NO/c1-10-3-2-4-11(5-10)15-9-16(24-23-15,17(20,21)22)12-6-13(18)8-14(19)7-12/h2,4-8H,9H2,1H3. The zero-order valence-corrected chi connectivity index (χ0v) is 13.9. The van der Waals surface area contributed by atoms with E-state index < -0.39 is 18.2 Å².